The molecular weight excluding hydrogens is 337 g/mol. The van der Waals surface area contributed by atoms with E-state index in [9.17, 15) is 9.46 Å². The molecule has 1 N–H and O–H groups in total. The summed E-state index contributed by atoms with van der Waals surface area (Å²) < 4.78 is 14.2. The fraction of sp³-hybridized carbons (Fsp3) is 0.263. The molecule has 0 aliphatic rings. The largest absolute Gasteiger partial charge is 0.326 e. The van der Waals surface area contributed by atoms with Crippen LogP contribution in [0.5, 0.6) is 0 Å². The molecule has 0 spiro atoms. The summed E-state index contributed by atoms with van der Waals surface area (Å²) >= 11 is 1.15. The highest BCUT2D eigenvalue weighted by Gasteiger charge is 2.26. The van der Waals surface area contributed by atoms with Crippen LogP contribution in [0.15, 0.2) is 54.6 Å². The van der Waals surface area contributed by atoms with Crippen LogP contribution in [0.3, 0.4) is 0 Å². The van der Waals surface area contributed by atoms with Gasteiger partial charge in [0.15, 0.2) is 0 Å². The normalized spacial score (nSPS) is 14.3. The minimum atomic E-state index is -3.37. The molecule has 0 aliphatic heterocycles. The van der Waals surface area contributed by atoms with Gasteiger partial charge in [-0.25, -0.2) is 4.67 Å². The molecule has 0 aromatic heterocycles. The Labute approximate surface area is 146 Å². The molecule has 3 aromatic rings. The first kappa shape index (κ1) is 17.5. The Balaban J connectivity index is 2.08. The highest BCUT2D eigenvalue weighted by atomic mass is 32.7. The van der Waals surface area contributed by atoms with Crippen LogP contribution in [0, 0.1) is 0 Å². The van der Waals surface area contributed by atoms with Crippen molar-refractivity contribution in [1.29, 1.82) is 0 Å². The zero-order valence-corrected chi connectivity index (χ0v) is 15.7. The second-order valence-corrected chi connectivity index (χ2v) is 10.5. The fourth-order valence-electron chi connectivity index (χ4n) is 2.91. The Morgan fingerprint density at radius 2 is 1.58 bits per heavy atom. The topological polar surface area (TPSA) is 40.5 Å². The highest BCUT2D eigenvalue weighted by Crippen LogP contribution is 2.57. The van der Waals surface area contributed by atoms with Gasteiger partial charge >= 0.3 is 6.72 Å². The highest BCUT2D eigenvalue weighted by molar-refractivity contribution is 8.55. The van der Waals surface area contributed by atoms with Crippen molar-refractivity contribution in [2.24, 2.45) is 0 Å². The SMILES string of the molecule is CCCSP(=O)(O)N(C)Cc1c2ccccc2cc2ccccc12. The molecule has 3 aromatic carbocycles. The monoisotopic (exact) mass is 359 g/mol. The molecule has 126 valence electrons. The Morgan fingerprint density at radius 3 is 2.12 bits per heavy atom. The average molecular weight is 359 g/mol. The minimum Gasteiger partial charge on any atom is -0.326 e. The molecule has 0 amide bonds. The van der Waals surface area contributed by atoms with Gasteiger partial charge in [-0.3, -0.25) is 4.57 Å². The van der Waals surface area contributed by atoms with E-state index < -0.39 is 6.72 Å². The molecule has 0 aliphatic carbocycles. The molecule has 0 bridgehead atoms. The third-order valence-electron chi connectivity index (χ3n) is 4.16. The fourth-order valence-corrected chi connectivity index (χ4v) is 5.87. The minimum absolute atomic E-state index is 0.451. The van der Waals surface area contributed by atoms with Gasteiger partial charge in [-0.05, 0) is 46.6 Å². The third kappa shape index (κ3) is 3.52. The molecular formula is C19H22NO2PS. The molecule has 5 heteroatoms. The van der Waals surface area contributed by atoms with Gasteiger partial charge in [0.2, 0.25) is 0 Å². The standard InChI is InChI=1S/C19H22NO2PS/c1-3-12-24-23(21,22)20(2)14-19-17-10-6-4-8-15(17)13-16-9-5-7-11-18(16)19/h4-11,13H,3,12,14H2,1-2H3,(H,21,22). The maximum atomic E-state index is 12.6. The van der Waals surface area contributed by atoms with Crippen molar-refractivity contribution < 1.29 is 9.46 Å². The van der Waals surface area contributed by atoms with Crippen LogP contribution in [0.1, 0.15) is 18.9 Å². The van der Waals surface area contributed by atoms with E-state index in [1.807, 2.05) is 31.2 Å². The van der Waals surface area contributed by atoms with Crippen LogP contribution >= 0.6 is 18.1 Å². The predicted molar refractivity (Wildman–Crippen MR) is 105 cm³/mol. The van der Waals surface area contributed by atoms with Gasteiger partial charge in [0.05, 0.1) is 0 Å². The van der Waals surface area contributed by atoms with Crippen molar-refractivity contribution in [2.75, 3.05) is 12.8 Å². The molecule has 3 rings (SSSR count). The summed E-state index contributed by atoms with van der Waals surface area (Å²) in [5.74, 6) is 0.689. The van der Waals surface area contributed by atoms with Crippen molar-refractivity contribution in [2.45, 2.75) is 19.9 Å². The van der Waals surface area contributed by atoms with Gasteiger partial charge in [-0.1, -0.05) is 66.8 Å². The lowest BCUT2D eigenvalue weighted by molar-refractivity contribution is 0.399. The molecule has 3 nitrogen and oxygen atoms in total. The van der Waals surface area contributed by atoms with E-state index in [2.05, 4.69) is 30.3 Å². The van der Waals surface area contributed by atoms with Crippen molar-refractivity contribution in [3.05, 3.63) is 60.2 Å². The Hall–Kier alpha value is -1.32. The lowest BCUT2D eigenvalue weighted by Crippen LogP contribution is -2.13. The molecule has 0 fully saturated rings. The number of fused-ring (bicyclic) bond motifs is 2. The number of nitrogens with zero attached hydrogens (tertiary/aromatic N) is 1. The molecule has 1 atom stereocenters. The maximum absolute atomic E-state index is 12.6. The van der Waals surface area contributed by atoms with Crippen molar-refractivity contribution >= 4 is 39.6 Å². The smallest absolute Gasteiger partial charge is 0.326 e. The first-order valence-electron chi connectivity index (χ1n) is 8.11. The number of hydrogen-bond donors (Lipinski definition) is 1. The number of hydrogen-bond acceptors (Lipinski definition) is 2. The summed E-state index contributed by atoms with van der Waals surface area (Å²) in [5.41, 5.74) is 1.11. The van der Waals surface area contributed by atoms with Crippen molar-refractivity contribution in [3.8, 4) is 0 Å². The Kier molecular flexibility index (Phi) is 5.31. The first-order chi connectivity index (χ1) is 11.5. The number of rotatable bonds is 6. The van der Waals surface area contributed by atoms with Crippen LogP contribution in [-0.4, -0.2) is 22.4 Å². The average Bonchev–Trinajstić information content (AvgIpc) is 2.59. The summed E-state index contributed by atoms with van der Waals surface area (Å²) in [5, 5.41) is 4.61. The van der Waals surface area contributed by atoms with Crippen LogP contribution in [0.25, 0.3) is 21.5 Å². The van der Waals surface area contributed by atoms with Gasteiger partial charge in [0.1, 0.15) is 0 Å². The van der Waals surface area contributed by atoms with Crippen LogP contribution < -0.4 is 0 Å². The van der Waals surface area contributed by atoms with E-state index in [4.69, 9.17) is 0 Å². The Morgan fingerprint density at radius 1 is 1.04 bits per heavy atom. The van der Waals surface area contributed by atoms with Crippen LogP contribution in [0.4, 0.5) is 0 Å². The predicted octanol–water partition coefficient (Wildman–Crippen LogP) is 5.67. The second kappa shape index (κ2) is 7.28. The molecule has 0 radical (unpaired) electrons. The quantitative estimate of drug-likeness (QED) is 0.455. The van der Waals surface area contributed by atoms with Crippen LogP contribution in [0.2, 0.25) is 0 Å². The number of benzene rings is 3. The lowest BCUT2D eigenvalue weighted by Gasteiger charge is -2.24. The van der Waals surface area contributed by atoms with E-state index in [0.29, 0.717) is 12.3 Å². The molecule has 1 unspecified atom stereocenters. The molecule has 0 heterocycles. The molecule has 24 heavy (non-hydrogen) atoms. The summed E-state index contributed by atoms with van der Waals surface area (Å²) in [6.45, 7) is -0.902. The van der Waals surface area contributed by atoms with Crippen molar-refractivity contribution in [3.63, 3.8) is 0 Å². The zero-order chi connectivity index (χ0) is 17.2. The summed E-state index contributed by atoms with van der Waals surface area (Å²) in [6.07, 6.45) is 0.889. The second-order valence-electron chi connectivity index (χ2n) is 5.94. The van der Waals surface area contributed by atoms with Crippen molar-refractivity contribution in [1.82, 2.24) is 4.67 Å². The maximum Gasteiger partial charge on any atom is 0.326 e. The van der Waals surface area contributed by atoms with Gasteiger partial charge < -0.3 is 4.89 Å². The molecule has 0 saturated heterocycles. The van der Waals surface area contributed by atoms with Gasteiger partial charge in [-0.2, -0.15) is 0 Å². The summed E-state index contributed by atoms with van der Waals surface area (Å²) in [6, 6.07) is 18.6. The summed E-state index contributed by atoms with van der Waals surface area (Å²) in [4.78, 5) is 10.4. The van der Waals surface area contributed by atoms with E-state index in [1.165, 1.54) is 0 Å². The zero-order valence-electron chi connectivity index (χ0n) is 14.0. The van der Waals surface area contributed by atoms with E-state index >= 15 is 0 Å². The summed E-state index contributed by atoms with van der Waals surface area (Å²) in [7, 11) is 1.74. The van der Waals surface area contributed by atoms with Gasteiger partial charge in [-0.15, -0.1) is 0 Å². The first-order valence-corrected chi connectivity index (χ1v) is 11.3. The van der Waals surface area contributed by atoms with E-state index in [1.54, 1.807) is 11.7 Å². The Bertz CT molecular complexity index is 858. The third-order valence-corrected chi connectivity index (χ3v) is 8.49. The molecule has 0 saturated carbocycles. The van der Waals surface area contributed by atoms with Crippen LogP contribution in [-0.2, 0) is 11.1 Å². The van der Waals surface area contributed by atoms with E-state index in [0.717, 1.165) is 44.9 Å². The van der Waals surface area contributed by atoms with Gasteiger partial charge in [0.25, 0.3) is 0 Å². The van der Waals surface area contributed by atoms with Gasteiger partial charge in [0, 0.05) is 12.3 Å². The lowest BCUT2D eigenvalue weighted by atomic mass is 9.97. The van der Waals surface area contributed by atoms with E-state index in [-0.39, 0.29) is 0 Å².